The molecule has 66 heavy (non-hydrogen) atoms. The highest BCUT2D eigenvalue weighted by Crippen LogP contribution is 2.66. The second-order valence-corrected chi connectivity index (χ2v) is 18.5. The van der Waals surface area contributed by atoms with Crippen LogP contribution in [-0.2, 0) is 17.3 Å². The topological polar surface area (TPSA) is 3.24 Å². The van der Waals surface area contributed by atoms with Crippen LogP contribution in [-0.4, -0.2) is 0 Å². The number of hydrogen-bond acceptors (Lipinski definition) is 1. The average molecular weight is 836 g/mol. The Labute approximate surface area is 385 Å². The summed E-state index contributed by atoms with van der Waals surface area (Å²) in [6.07, 6.45) is 5.63. The van der Waals surface area contributed by atoms with Gasteiger partial charge >= 0.3 is 0 Å². The first-order valence-corrected chi connectivity index (χ1v) is 23.3. The van der Waals surface area contributed by atoms with Gasteiger partial charge in [0.2, 0.25) is 0 Å². The van der Waals surface area contributed by atoms with Crippen molar-refractivity contribution in [2.45, 2.75) is 17.3 Å². The molecule has 5 aliphatic carbocycles. The highest BCUT2D eigenvalue weighted by molar-refractivity contribution is 6.04. The third kappa shape index (κ3) is 4.36. The number of fused-ring (bicyclic) bond motifs is 23. The SMILES string of the molecule is C1=Cc2c(cccc2N(c2ccc3c(c2)C2(c4ccccc4-c4ccccc42)c2ccccc2-3)c2cccc3c2-c2ccccc2C32c3ccccc3-c3ccccc32)-c2ccccc2C1. The summed E-state index contributed by atoms with van der Waals surface area (Å²) in [5.74, 6) is 0. The normalized spacial score (nSPS) is 14.8. The zero-order chi connectivity index (χ0) is 43.1. The van der Waals surface area contributed by atoms with Gasteiger partial charge in [0, 0.05) is 16.8 Å². The Morgan fingerprint density at radius 1 is 0.303 bits per heavy atom. The monoisotopic (exact) mass is 835 g/mol. The lowest BCUT2D eigenvalue weighted by Crippen LogP contribution is -2.26. The van der Waals surface area contributed by atoms with E-state index in [1.165, 1.54) is 117 Å². The van der Waals surface area contributed by atoms with Crippen molar-refractivity contribution in [1.82, 2.24) is 0 Å². The van der Waals surface area contributed by atoms with E-state index >= 15 is 0 Å². The summed E-state index contributed by atoms with van der Waals surface area (Å²) in [5, 5.41) is 0. The van der Waals surface area contributed by atoms with Crippen LogP contribution in [0.5, 0.6) is 0 Å². The number of rotatable bonds is 3. The molecule has 0 radical (unpaired) electrons. The first-order valence-electron chi connectivity index (χ1n) is 23.3. The van der Waals surface area contributed by atoms with Crippen LogP contribution in [0.25, 0.3) is 61.7 Å². The Hall–Kier alpha value is -8.26. The van der Waals surface area contributed by atoms with Gasteiger partial charge in [0.1, 0.15) is 0 Å². The van der Waals surface area contributed by atoms with Crippen molar-refractivity contribution in [2.75, 3.05) is 4.90 Å². The van der Waals surface area contributed by atoms with Gasteiger partial charge in [0.05, 0.1) is 22.2 Å². The molecule has 0 bridgehead atoms. The first kappa shape index (κ1) is 36.1. The van der Waals surface area contributed by atoms with Crippen LogP contribution in [0.1, 0.15) is 55.6 Å². The molecule has 306 valence electrons. The predicted molar refractivity (Wildman–Crippen MR) is 272 cm³/mol. The molecule has 0 heterocycles. The van der Waals surface area contributed by atoms with Crippen LogP contribution < -0.4 is 4.90 Å². The Balaban J connectivity index is 1.06. The fourth-order valence-corrected chi connectivity index (χ4v) is 13.4. The third-order valence-electron chi connectivity index (χ3n) is 15.7. The molecule has 10 aromatic rings. The molecule has 1 nitrogen and oxygen atoms in total. The second kappa shape index (κ2) is 13.2. The smallest absolute Gasteiger partial charge is 0.0726 e. The van der Waals surface area contributed by atoms with E-state index in [2.05, 4.69) is 242 Å². The summed E-state index contributed by atoms with van der Waals surface area (Å²) in [6.45, 7) is 0. The van der Waals surface area contributed by atoms with Gasteiger partial charge in [-0.25, -0.2) is 0 Å². The van der Waals surface area contributed by atoms with E-state index in [1.54, 1.807) is 0 Å². The van der Waals surface area contributed by atoms with Crippen LogP contribution in [0.3, 0.4) is 0 Å². The highest BCUT2D eigenvalue weighted by atomic mass is 15.1. The summed E-state index contributed by atoms with van der Waals surface area (Å²) >= 11 is 0. The third-order valence-corrected chi connectivity index (χ3v) is 15.7. The lowest BCUT2D eigenvalue weighted by Gasteiger charge is -2.34. The zero-order valence-corrected chi connectivity index (χ0v) is 36.2. The van der Waals surface area contributed by atoms with Crippen LogP contribution in [0, 0.1) is 0 Å². The van der Waals surface area contributed by atoms with Crippen LogP contribution in [0.2, 0.25) is 0 Å². The van der Waals surface area contributed by atoms with Gasteiger partial charge in [-0.2, -0.15) is 0 Å². The summed E-state index contributed by atoms with van der Waals surface area (Å²) in [7, 11) is 0. The van der Waals surface area contributed by atoms with E-state index in [-0.39, 0.29) is 0 Å². The molecule has 2 spiro atoms. The molecule has 0 saturated carbocycles. The number of allylic oxidation sites excluding steroid dienone is 1. The van der Waals surface area contributed by atoms with Crippen molar-refractivity contribution >= 4 is 23.1 Å². The van der Waals surface area contributed by atoms with Crippen molar-refractivity contribution in [3.8, 4) is 55.6 Å². The molecule has 1 heteroatoms. The van der Waals surface area contributed by atoms with Crippen molar-refractivity contribution in [3.63, 3.8) is 0 Å². The van der Waals surface area contributed by atoms with Gasteiger partial charge < -0.3 is 4.90 Å². The molecular weight excluding hydrogens is 795 g/mol. The summed E-state index contributed by atoms with van der Waals surface area (Å²) in [6, 6.07) is 85.2. The van der Waals surface area contributed by atoms with Crippen LogP contribution in [0.15, 0.2) is 231 Å². The molecule has 0 atom stereocenters. The van der Waals surface area contributed by atoms with Gasteiger partial charge in [-0.3, -0.25) is 0 Å². The van der Waals surface area contributed by atoms with Crippen molar-refractivity contribution in [3.05, 3.63) is 286 Å². The lowest BCUT2D eigenvalue weighted by atomic mass is 9.70. The minimum atomic E-state index is -0.472. The molecule has 15 rings (SSSR count). The number of benzene rings is 10. The molecule has 0 aromatic heterocycles. The van der Waals surface area contributed by atoms with Gasteiger partial charge in [-0.05, 0) is 131 Å². The van der Waals surface area contributed by atoms with Gasteiger partial charge in [0.15, 0.2) is 0 Å². The Morgan fingerprint density at radius 2 is 0.712 bits per heavy atom. The van der Waals surface area contributed by atoms with Crippen LogP contribution in [0.4, 0.5) is 17.1 Å². The Bertz CT molecular complexity index is 3660. The van der Waals surface area contributed by atoms with Crippen molar-refractivity contribution in [1.29, 1.82) is 0 Å². The first-order chi connectivity index (χ1) is 32.8. The van der Waals surface area contributed by atoms with Crippen molar-refractivity contribution in [2.24, 2.45) is 0 Å². The van der Waals surface area contributed by atoms with E-state index in [4.69, 9.17) is 0 Å². The maximum atomic E-state index is 2.61. The standard InChI is InChI=1S/C65H41N/c1-2-20-43-41(18-1)19-15-28-51-44(43)27-16-36-61(51)66(42-38-39-50-49-25-7-13-33-57(49)65(60(50)40-42)55-31-11-5-23-47(55)48-24-6-12-32-56(48)65)62-37-17-35-59-63(62)52-26-8-14-34-58(52)64(59)53-29-9-3-21-45(53)46-22-4-10-30-54(46)64/h1-18,20-40H,19H2. The molecule has 0 saturated heterocycles. The minimum absolute atomic E-state index is 0.464. The van der Waals surface area contributed by atoms with E-state index in [9.17, 15) is 0 Å². The summed E-state index contributed by atoms with van der Waals surface area (Å²) in [5.41, 5.74) is 28.9. The number of nitrogens with zero attached hydrogens (tertiary/aromatic N) is 1. The minimum Gasteiger partial charge on any atom is -0.309 e. The van der Waals surface area contributed by atoms with Crippen molar-refractivity contribution < 1.29 is 0 Å². The van der Waals surface area contributed by atoms with E-state index < -0.39 is 10.8 Å². The Kier molecular flexibility index (Phi) is 7.20. The van der Waals surface area contributed by atoms with Gasteiger partial charge in [-0.1, -0.05) is 212 Å². The quantitative estimate of drug-likeness (QED) is 0.171. The van der Waals surface area contributed by atoms with Gasteiger partial charge in [0.25, 0.3) is 0 Å². The highest BCUT2D eigenvalue weighted by Gasteiger charge is 2.54. The lowest BCUT2D eigenvalue weighted by molar-refractivity contribution is 0.793. The maximum absolute atomic E-state index is 2.61. The molecule has 0 N–H and O–H groups in total. The van der Waals surface area contributed by atoms with E-state index in [0.717, 1.165) is 17.8 Å². The average Bonchev–Trinajstić information content (AvgIpc) is 4.01. The summed E-state index contributed by atoms with van der Waals surface area (Å²) in [4.78, 5) is 2.61. The molecular formula is C65H41N. The molecule has 0 fully saturated rings. The fraction of sp³-hybridized carbons (Fsp3) is 0.0462. The fourth-order valence-electron chi connectivity index (χ4n) is 13.4. The number of anilines is 3. The molecule has 10 aromatic carbocycles. The number of hydrogen-bond donors (Lipinski definition) is 0. The Morgan fingerprint density at radius 3 is 1.29 bits per heavy atom. The van der Waals surface area contributed by atoms with E-state index in [1.807, 2.05) is 0 Å². The van der Waals surface area contributed by atoms with Crippen LogP contribution >= 0.6 is 0 Å². The summed E-state index contributed by atoms with van der Waals surface area (Å²) < 4.78 is 0. The largest absolute Gasteiger partial charge is 0.309 e. The van der Waals surface area contributed by atoms with Gasteiger partial charge in [-0.15, -0.1) is 0 Å². The molecule has 0 amide bonds. The zero-order valence-electron chi connectivity index (χ0n) is 36.2. The molecule has 5 aliphatic rings. The second-order valence-electron chi connectivity index (χ2n) is 18.5. The molecule has 0 unspecified atom stereocenters. The van der Waals surface area contributed by atoms with E-state index in [0.29, 0.717) is 0 Å². The predicted octanol–water partition coefficient (Wildman–Crippen LogP) is 16.1. The maximum Gasteiger partial charge on any atom is 0.0726 e. The molecule has 0 aliphatic heterocycles.